The van der Waals surface area contributed by atoms with Crippen LogP contribution in [0.5, 0.6) is 0 Å². The molecule has 1 unspecified atom stereocenters. The molecule has 1 atom stereocenters. The Morgan fingerprint density at radius 1 is 1.00 bits per heavy atom. The van der Waals surface area contributed by atoms with E-state index in [2.05, 4.69) is 0 Å². The fourth-order valence-corrected chi connectivity index (χ4v) is 2.13. The molecule has 3 heteroatoms. The maximum atomic E-state index is 11.9. The van der Waals surface area contributed by atoms with Crippen LogP contribution in [0.15, 0.2) is 54.6 Å². The minimum absolute atomic E-state index is 0.341. The Bertz CT molecular complexity index is 632. The first kappa shape index (κ1) is 15.0. The van der Waals surface area contributed by atoms with Gasteiger partial charge in [-0.1, -0.05) is 54.6 Å². The van der Waals surface area contributed by atoms with Crippen molar-refractivity contribution in [1.29, 1.82) is 0 Å². The normalized spacial score (nSPS) is 11.7. The zero-order chi connectivity index (χ0) is 15.2. The van der Waals surface area contributed by atoms with Gasteiger partial charge in [0.15, 0.2) is 0 Å². The van der Waals surface area contributed by atoms with E-state index in [1.54, 1.807) is 37.3 Å². The minimum Gasteiger partial charge on any atom is -0.456 e. The fraction of sp³-hybridized carbons (Fsp3) is 0.222. The summed E-state index contributed by atoms with van der Waals surface area (Å²) in [5.41, 5.74) is 2.62. The van der Waals surface area contributed by atoms with Gasteiger partial charge in [0.05, 0.1) is 0 Å². The number of ether oxygens (including phenoxy) is 1. The van der Waals surface area contributed by atoms with E-state index in [-0.39, 0.29) is 6.10 Å². The highest BCUT2D eigenvalue weighted by Crippen LogP contribution is 2.12. The van der Waals surface area contributed by atoms with Gasteiger partial charge in [0.2, 0.25) is 0 Å². The Morgan fingerprint density at radius 3 is 2.29 bits per heavy atom. The van der Waals surface area contributed by atoms with Crippen LogP contribution >= 0.6 is 0 Å². The number of hydrogen-bond donors (Lipinski definition) is 0. The van der Waals surface area contributed by atoms with Crippen molar-refractivity contribution in [2.45, 2.75) is 26.4 Å². The number of carbonyl (C=O) groups is 2. The van der Waals surface area contributed by atoms with E-state index in [0.717, 1.165) is 11.1 Å². The van der Waals surface area contributed by atoms with Gasteiger partial charge in [-0.3, -0.25) is 4.79 Å². The average Bonchev–Trinajstić information content (AvgIpc) is 2.49. The number of hydrogen-bond acceptors (Lipinski definition) is 3. The molecule has 0 N–H and O–H groups in total. The summed E-state index contributed by atoms with van der Waals surface area (Å²) in [6, 6.07) is 16.4. The summed E-state index contributed by atoms with van der Waals surface area (Å²) >= 11 is 0. The van der Waals surface area contributed by atoms with Crippen molar-refractivity contribution < 1.29 is 14.3 Å². The van der Waals surface area contributed by atoms with Crippen molar-refractivity contribution >= 4 is 11.8 Å². The summed E-state index contributed by atoms with van der Waals surface area (Å²) in [6.07, 6.45) is 0.256. The van der Waals surface area contributed by atoms with Crippen LogP contribution in [0.3, 0.4) is 0 Å². The Balaban J connectivity index is 1.97. The molecule has 0 bridgehead atoms. The van der Waals surface area contributed by atoms with E-state index < -0.39 is 11.8 Å². The Hall–Kier alpha value is -2.42. The first-order valence-corrected chi connectivity index (χ1v) is 6.93. The molecule has 108 valence electrons. The molecule has 21 heavy (non-hydrogen) atoms. The maximum absolute atomic E-state index is 11.9. The average molecular weight is 282 g/mol. The van der Waals surface area contributed by atoms with E-state index in [1.165, 1.54) is 0 Å². The van der Waals surface area contributed by atoms with Crippen molar-refractivity contribution in [1.82, 2.24) is 0 Å². The predicted molar refractivity (Wildman–Crippen MR) is 81.2 cm³/mol. The molecular weight excluding hydrogens is 264 g/mol. The zero-order valence-corrected chi connectivity index (χ0v) is 12.2. The van der Waals surface area contributed by atoms with Crippen LogP contribution < -0.4 is 0 Å². The molecule has 0 saturated carbocycles. The summed E-state index contributed by atoms with van der Waals surface area (Å²) in [4.78, 5) is 23.8. The van der Waals surface area contributed by atoms with E-state index >= 15 is 0 Å². The quantitative estimate of drug-likeness (QED) is 0.480. The predicted octanol–water partition coefficient (Wildman–Crippen LogP) is 3.35. The van der Waals surface area contributed by atoms with Crippen molar-refractivity contribution in [3.05, 3.63) is 71.3 Å². The molecule has 0 aromatic heterocycles. The molecule has 0 spiro atoms. The third-order valence-corrected chi connectivity index (χ3v) is 3.30. The Morgan fingerprint density at radius 2 is 1.62 bits per heavy atom. The molecule has 0 radical (unpaired) electrons. The van der Waals surface area contributed by atoms with Gasteiger partial charge in [-0.2, -0.15) is 0 Å². The highest BCUT2D eigenvalue weighted by molar-refractivity contribution is 6.40. The van der Waals surface area contributed by atoms with Gasteiger partial charge in [-0.05, 0) is 25.0 Å². The van der Waals surface area contributed by atoms with Crippen molar-refractivity contribution in [2.24, 2.45) is 0 Å². The van der Waals surface area contributed by atoms with Gasteiger partial charge < -0.3 is 4.74 Å². The van der Waals surface area contributed by atoms with E-state index in [0.29, 0.717) is 12.0 Å². The van der Waals surface area contributed by atoms with Crippen LogP contribution in [0.25, 0.3) is 0 Å². The van der Waals surface area contributed by atoms with E-state index in [1.807, 2.05) is 31.2 Å². The van der Waals surface area contributed by atoms with E-state index in [4.69, 9.17) is 4.74 Å². The van der Waals surface area contributed by atoms with Crippen LogP contribution in [0.4, 0.5) is 0 Å². The van der Waals surface area contributed by atoms with Crippen molar-refractivity contribution in [3.63, 3.8) is 0 Å². The molecule has 0 aliphatic carbocycles. The third kappa shape index (κ3) is 4.02. The summed E-state index contributed by atoms with van der Waals surface area (Å²) in [5.74, 6) is -1.41. The van der Waals surface area contributed by atoms with Crippen LogP contribution in [-0.2, 0) is 16.0 Å². The van der Waals surface area contributed by atoms with Crippen LogP contribution in [0, 0.1) is 6.92 Å². The summed E-state index contributed by atoms with van der Waals surface area (Å²) in [7, 11) is 0. The topological polar surface area (TPSA) is 43.4 Å². The molecule has 2 aromatic rings. The molecule has 0 amide bonds. The largest absolute Gasteiger partial charge is 0.456 e. The van der Waals surface area contributed by atoms with Gasteiger partial charge in [-0.15, -0.1) is 0 Å². The van der Waals surface area contributed by atoms with Crippen molar-refractivity contribution in [3.8, 4) is 0 Å². The number of esters is 1. The van der Waals surface area contributed by atoms with Crippen LogP contribution in [0.1, 0.15) is 28.4 Å². The number of aryl methyl sites for hydroxylation is 1. The molecule has 0 fully saturated rings. The summed E-state index contributed by atoms with van der Waals surface area (Å²) in [5, 5.41) is 0. The third-order valence-electron chi connectivity index (χ3n) is 3.30. The fourth-order valence-electron chi connectivity index (χ4n) is 2.13. The first-order valence-electron chi connectivity index (χ1n) is 6.93. The molecule has 0 heterocycles. The number of Topliss-reactive ketones (excluding diaryl/α,β-unsaturated/α-hetero) is 1. The lowest BCUT2D eigenvalue weighted by Gasteiger charge is -2.14. The smallest absolute Gasteiger partial charge is 0.379 e. The zero-order valence-electron chi connectivity index (χ0n) is 12.2. The number of benzene rings is 2. The van der Waals surface area contributed by atoms with Crippen molar-refractivity contribution in [2.75, 3.05) is 0 Å². The lowest BCUT2D eigenvalue weighted by atomic mass is 10.0. The summed E-state index contributed by atoms with van der Waals surface area (Å²) < 4.78 is 5.24. The van der Waals surface area contributed by atoms with Gasteiger partial charge in [0, 0.05) is 12.0 Å². The number of rotatable bonds is 5. The molecule has 0 saturated heterocycles. The Kier molecular flexibility index (Phi) is 4.88. The number of ketones is 1. The second kappa shape index (κ2) is 6.84. The monoisotopic (exact) mass is 282 g/mol. The molecule has 0 aliphatic rings. The molecule has 2 aromatic carbocycles. The molecule has 3 nitrogen and oxygen atoms in total. The SMILES string of the molecule is Cc1ccccc1CC(C)OC(=O)C(=O)c1ccccc1. The van der Waals surface area contributed by atoms with Gasteiger partial charge in [0.25, 0.3) is 5.78 Å². The summed E-state index contributed by atoms with van der Waals surface area (Å²) in [6.45, 7) is 3.81. The highest BCUT2D eigenvalue weighted by Gasteiger charge is 2.20. The van der Waals surface area contributed by atoms with Gasteiger partial charge in [0.1, 0.15) is 6.10 Å². The Labute approximate surface area is 124 Å². The first-order chi connectivity index (χ1) is 10.1. The standard InChI is InChI=1S/C18H18O3/c1-13-8-6-7-11-16(13)12-14(2)21-18(20)17(19)15-9-4-3-5-10-15/h3-11,14H,12H2,1-2H3. The van der Waals surface area contributed by atoms with Gasteiger partial charge >= 0.3 is 5.97 Å². The van der Waals surface area contributed by atoms with E-state index in [9.17, 15) is 9.59 Å². The lowest BCUT2D eigenvalue weighted by molar-refractivity contribution is -0.142. The van der Waals surface area contributed by atoms with Crippen LogP contribution in [-0.4, -0.2) is 17.9 Å². The second-order valence-electron chi connectivity index (χ2n) is 5.04. The number of carbonyl (C=O) groups excluding carboxylic acids is 2. The van der Waals surface area contributed by atoms with Crippen LogP contribution in [0.2, 0.25) is 0 Å². The van der Waals surface area contributed by atoms with Gasteiger partial charge in [-0.25, -0.2) is 4.79 Å². The minimum atomic E-state index is -0.803. The molecule has 2 rings (SSSR count). The second-order valence-corrected chi connectivity index (χ2v) is 5.04. The maximum Gasteiger partial charge on any atom is 0.379 e. The highest BCUT2D eigenvalue weighted by atomic mass is 16.5. The lowest BCUT2D eigenvalue weighted by Crippen LogP contribution is -2.24. The molecule has 0 aliphatic heterocycles. The molecular formula is C18H18O3.